The van der Waals surface area contributed by atoms with Crippen molar-refractivity contribution in [2.24, 2.45) is 11.8 Å². The van der Waals surface area contributed by atoms with Gasteiger partial charge in [0.1, 0.15) is 0 Å². The van der Waals surface area contributed by atoms with E-state index in [1.807, 2.05) is 0 Å². The van der Waals surface area contributed by atoms with Crippen LogP contribution in [0.1, 0.15) is 32.1 Å². The van der Waals surface area contributed by atoms with Gasteiger partial charge in [-0.1, -0.05) is 0 Å². The quantitative estimate of drug-likeness (QED) is 0.642. The Morgan fingerprint density at radius 2 is 1.27 bits per heavy atom. The van der Waals surface area contributed by atoms with E-state index in [0.717, 1.165) is 23.9 Å². The number of hydrogen-bond donors (Lipinski definition) is 0. The van der Waals surface area contributed by atoms with Gasteiger partial charge in [-0.25, -0.2) is 0 Å². The third-order valence-corrected chi connectivity index (χ3v) is 5.50. The fourth-order valence-corrected chi connectivity index (χ4v) is 4.66. The largest absolute Gasteiger partial charge is 0.299 e. The lowest BCUT2D eigenvalue weighted by molar-refractivity contribution is 0.00331. The Hall–Kier alpha value is -0.0800. The molecule has 5 rings (SSSR count). The molecule has 0 radical (unpaired) electrons. The Labute approximate surface area is 92.6 Å². The highest BCUT2D eigenvalue weighted by atomic mass is 15.3. The van der Waals surface area contributed by atoms with Crippen LogP contribution in [0.25, 0.3) is 0 Å². The fraction of sp³-hybridized carbons (Fsp3) is 1.00. The molecule has 0 aromatic rings. The molecule has 2 heteroatoms. The molecule has 2 nitrogen and oxygen atoms in total. The highest BCUT2D eigenvalue weighted by molar-refractivity contribution is 5.01. The summed E-state index contributed by atoms with van der Waals surface area (Å²) in [7, 11) is 0. The number of rotatable bonds is 1. The maximum absolute atomic E-state index is 2.81. The first-order valence-corrected chi connectivity index (χ1v) is 6.88. The average molecular weight is 206 g/mol. The molecule has 5 saturated heterocycles. The zero-order valence-electron chi connectivity index (χ0n) is 9.57. The van der Waals surface area contributed by atoms with E-state index < -0.39 is 0 Å². The van der Waals surface area contributed by atoms with Crippen molar-refractivity contribution >= 4 is 0 Å². The van der Waals surface area contributed by atoms with Crippen LogP contribution < -0.4 is 0 Å². The zero-order chi connectivity index (χ0) is 9.83. The topological polar surface area (TPSA) is 6.48 Å². The van der Waals surface area contributed by atoms with Crippen LogP contribution in [-0.4, -0.2) is 48.1 Å². The van der Waals surface area contributed by atoms with E-state index in [-0.39, 0.29) is 0 Å². The van der Waals surface area contributed by atoms with E-state index >= 15 is 0 Å². The molecular weight excluding hydrogens is 184 g/mol. The number of fused-ring (bicyclic) bond motifs is 5. The van der Waals surface area contributed by atoms with Crippen LogP contribution in [0.5, 0.6) is 0 Å². The summed E-state index contributed by atoms with van der Waals surface area (Å²) in [6.07, 6.45) is 7.52. The van der Waals surface area contributed by atoms with Crippen molar-refractivity contribution < 1.29 is 0 Å². The molecule has 4 bridgehead atoms. The zero-order valence-corrected chi connectivity index (χ0v) is 9.57. The maximum Gasteiger partial charge on any atom is 0.0254 e. The lowest BCUT2D eigenvalue weighted by atomic mass is 9.79. The van der Waals surface area contributed by atoms with E-state index in [9.17, 15) is 0 Å². The summed E-state index contributed by atoms with van der Waals surface area (Å²) >= 11 is 0. The normalized spacial score (nSPS) is 57.6. The van der Waals surface area contributed by atoms with Crippen LogP contribution >= 0.6 is 0 Å². The molecule has 0 aromatic heterocycles. The molecule has 84 valence electrons. The summed E-state index contributed by atoms with van der Waals surface area (Å²) in [5, 5.41) is 0. The van der Waals surface area contributed by atoms with Gasteiger partial charge in [0.05, 0.1) is 0 Å². The molecule has 5 aliphatic rings. The van der Waals surface area contributed by atoms with E-state index in [1.54, 1.807) is 0 Å². The van der Waals surface area contributed by atoms with Crippen LogP contribution in [0.15, 0.2) is 0 Å². The Balaban J connectivity index is 1.53. The van der Waals surface area contributed by atoms with Crippen LogP contribution in [0.2, 0.25) is 0 Å². The van der Waals surface area contributed by atoms with Crippen molar-refractivity contribution in [3.05, 3.63) is 0 Å². The minimum absolute atomic E-state index is 0.947. The minimum atomic E-state index is 0.947. The van der Waals surface area contributed by atoms with Crippen LogP contribution in [0, 0.1) is 11.8 Å². The van der Waals surface area contributed by atoms with Gasteiger partial charge in [0.2, 0.25) is 0 Å². The van der Waals surface area contributed by atoms with E-state index in [0.29, 0.717) is 0 Å². The summed E-state index contributed by atoms with van der Waals surface area (Å²) in [5.41, 5.74) is 0. The molecular formula is C13H22N2. The molecule has 15 heavy (non-hydrogen) atoms. The van der Waals surface area contributed by atoms with Crippen LogP contribution in [-0.2, 0) is 0 Å². The van der Waals surface area contributed by atoms with Gasteiger partial charge in [0.15, 0.2) is 0 Å². The van der Waals surface area contributed by atoms with Crippen molar-refractivity contribution in [2.75, 3.05) is 26.2 Å². The molecule has 0 aromatic carbocycles. The molecule has 0 spiro atoms. The monoisotopic (exact) mass is 206 g/mol. The first-order chi connectivity index (χ1) is 7.40. The highest BCUT2D eigenvalue weighted by Crippen LogP contribution is 2.41. The summed E-state index contributed by atoms with van der Waals surface area (Å²) in [6, 6.07) is 1.90. The Morgan fingerprint density at radius 3 is 1.80 bits per heavy atom. The molecule has 5 heterocycles. The van der Waals surface area contributed by atoms with E-state index in [1.165, 1.54) is 58.3 Å². The fourth-order valence-electron chi connectivity index (χ4n) is 4.66. The van der Waals surface area contributed by atoms with E-state index in [4.69, 9.17) is 0 Å². The second-order valence-electron chi connectivity index (χ2n) is 6.24. The predicted octanol–water partition coefficient (Wildman–Crippen LogP) is 1.56. The number of nitrogens with zero attached hydrogens (tertiary/aromatic N) is 2. The smallest absolute Gasteiger partial charge is 0.0254 e. The summed E-state index contributed by atoms with van der Waals surface area (Å²) in [6.45, 7) is 5.65. The first kappa shape index (κ1) is 9.00. The lowest BCUT2D eigenvalue weighted by Gasteiger charge is -2.49. The predicted molar refractivity (Wildman–Crippen MR) is 60.8 cm³/mol. The second kappa shape index (κ2) is 3.21. The van der Waals surface area contributed by atoms with Gasteiger partial charge in [0.25, 0.3) is 0 Å². The van der Waals surface area contributed by atoms with Gasteiger partial charge in [-0.05, 0) is 63.6 Å². The Kier molecular flexibility index (Phi) is 1.92. The molecule has 5 fully saturated rings. The van der Waals surface area contributed by atoms with Crippen molar-refractivity contribution in [1.82, 2.24) is 9.80 Å². The number of piperidine rings is 4. The summed E-state index contributed by atoms with van der Waals surface area (Å²) in [5.74, 6) is 2.15. The van der Waals surface area contributed by atoms with Gasteiger partial charge in [-0.3, -0.25) is 9.80 Å². The molecule has 0 aliphatic carbocycles. The molecule has 0 amide bonds. The molecule has 4 unspecified atom stereocenters. The van der Waals surface area contributed by atoms with Crippen molar-refractivity contribution in [3.8, 4) is 0 Å². The SMILES string of the molecule is C1CN2CCC1CC2C1CC2CCN1C2. The average Bonchev–Trinajstić information content (AvgIpc) is 2.92. The molecule has 4 atom stereocenters. The van der Waals surface area contributed by atoms with Gasteiger partial charge in [-0.15, -0.1) is 0 Å². The molecule has 0 saturated carbocycles. The van der Waals surface area contributed by atoms with Gasteiger partial charge >= 0.3 is 0 Å². The van der Waals surface area contributed by atoms with Crippen molar-refractivity contribution in [2.45, 2.75) is 44.2 Å². The summed E-state index contributed by atoms with van der Waals surface area (Å²) in [4.78, 5) is 5.61. The van der Waals surface area contributed by atoms with Gasteiger partial charge < -0.3 is 0 Å². The summed E-state index contributed by atoms with van der Waals surface area (Å²) < 4.78 is 0. The second-order valence-corrected chi connectivity index (χ2v) is 6.24. The standard InChI is InChI=1S/C13H22N2/c1-4-14-5-2-10(1)7-12(14)13-8-11-3-6-15(13)9-11/h10-13H,1-9H2. The van der Waals surface area contributed by atoms with Gasteiger partial charge in [0, 0.05) is 18.6 Å². The van der Waals surface area contributed by atoms with Crippen molar-refractivity contribution in [1.29, 1.82) is 0 Å². The van der Waals surface area contributed by atoms with E-state index in [2.05, 4.69) is 9.80 Å². The first-order valence-electron chi connectivity index (χ1n) is 6.88. The molecule has 0 N–H and O–H groups in total. The highest BCUT2D eigenvalue weighted by Gasteiger charge is 2.46. The molecule has 5 aliphatic heterocycles. The minimum Gasteiger partial charge on any atom is -0.299 e. The Bertz CT molecular complexity index is 257. The third kappa shape index (κ3) is 1.31. The Morgan fingerprint density at radius 1 is 0.667 bits per heavy atom. The maximum atomic E-state index is 2.81. The van der Waals surface area contributed by atoms with Crippen LogP contribution in [0.4, 0.5) is 0 Å². The number of hydrogen-bond acceptors (Lipinski definition) is 2. The third-order valence-electron chi connectivity index (χ3n) is 5.50. The van der Waals surface area contributed by atoms with Gasteiger partial charge in [-0.2, -0.15) is 0 Å². The van der Waals surface area contributed by atoms with Crippen LogP contribution in [0.3, 0.4) is 0 Å². The van der Waals surface area contributed by atoms with Crippen molar-refractivity contribution in [3.63, 3.8) is 0 Å². The lowest BCUT2D eigenvalue weighted by Crippen LogP contribution is -2.57.